The van der Waals surface area contributed by atoms with Gasteiger partial charge in [-0.15, -0.1) is 0 Å². The van der Waals surface area contributed by atoms with Crippen molar-refractivity contribution in [3.05, 3.63) is 164 Å². The first-order chi connectivity index (χ1) is 23.8. The van der Waals surface area contributed by atoms with Crippen molar-refractivity contribution in [3.8, 4) is 22.3 Å². The fraction of sp³-hybridized carbons (Fsp3) is 0. The molecular weight excluding hydrogens is 579 g/mol. The Hall–Kier alpha value is -6.31. The summed E-state index contributed by atoms with van der Waals surface area (Å²) in [7, 11) is 0. The summed E-state index contributed by atoms with van der Waals surface area (Å²) in [4.78, 5) is 4.71. The summed E-state index contributed by atoms with van der Waals surface area (Å²) in [6.07, 6.45) is 1.98. The lowest BCUT2D eigenvalue weighted by molar-refractivity contribution is 1.41. The lowest BCUT2D eigenvalue weighted by Crippen LogP contribution is -1.89. The summed E-state index contributed by atoms with van der Waals surface area (Å²) in [6.45, 7) is 0. The largest absolute Gasteiger partial charge is 0.256 e. The van der Waals surface area contributed by atoms with Crippen LogP contribution >= 0.6 is 0 Å². The van der Waals surface area contributed by atoms with E-state index < -0.39 is 0 Å². The minimum atomic E-state index is 1.02. The van der Waals surface area contributed by atoms with Gasteiger partial charge in [0.1, 0.15) is 0 Å². The third-order valence-electron chi connectivity index (χ3n) is 10.5. The molecule has 0 atom stereocenters. The van der Waals surface area contributed by atoms with Crippen molar-refractivity contribution in [2.75, 3.05) is 0 Å². The Morgan fingerprint density at radius 2 is 0.729 bits per heavy atom. The molecule has 1 heteroatoms. The highest BCUT2D eigenvalue weighted by atomic mass is 14.6. The molecule has 0 radical (unpaired) electrons. The van der Waals surface area contributed by atoms with Gasteiger partial charge < -0.3 is 0 Å². The van der Waals surface area contributed by atoms with Crippen molar-refractivity contribution in [2.45, 2.75) is 0 Å². The molecule has 0 saturated carbocycles. The predicted molar refractivity (Wildman–Crippen MR) is 206 cm³/mol. The number of benzene rings is 9. The van der Waals surface area contributed by atoms with Gasteiger partial charge in [-0.2, -0.15) is 0 Å². The highest BCUT2D eigenvalue weighted by Gasteiger charge is 2.16. The van der Waals surface area contributed by atoms with Gasteiger partial charge in [-0.25, -0.2) is 0 Å². The Morgan fingerprint density at radius 3 is 1.38 bits per heavy atom. The first kappa shape index (κ1) is 25.8. The Kier molecular flexibility index (Phi) is 5.17. The number of hydrogen-bond donors (Lipinski definition) is 0. The third-order valence-corrected chi connectivity index (χ3v) is 10.5. The maximum Gasteiger partial charge on any atom is 0.0702 e. The number of pyridine rings is 1. The number of nitrogens with zero attached hydrogens (tertiary/aromatic N) is 1. The number of aromatic nitrogens is 1. The van der Waals surface area contributed by atoms with Gasteiger partial charge >= 0.3 is 0 Å². The molecule has 1 heterocycles. The molecule has 0 saturated heterocycles. The molecule has 0 spiro atoms. The van der Waals surface area contributed by atoms with Crippen molar-refractivity contribution in [2.24, 2.45) is 0 Å². The molecule has 11 aromatic rings. The van der Waals surface area contributed by atoms with Gasteiger partial charge in [0.25, 0.3) is 0 Å². The quantitative estimate of drug-likeness (QED) is 0.179. The molecule has 0 aliphatic rings. The molecule has 0 N–H and O–H groups in total. The monoisotopic (exact) mass is 605 g/mol. The molecule has 0 aliphatic carbocycles. The van der Waals surface area contributed by atoms with E-state index in [0.717, 1.165) is 16.5 Å². The highest BCUT2D eigenvalue weighted by molar-refractivity contribution is 6.37. The molecule has 0 fully saturated rings. The highest BCUT2D eigenvalue weighted by Crippen LogP contribution is 2.44. The second-order valence-corrected chi connectivity index (χ2v) is 13.2. The molecular formula is C47H27N. The van der Waals surface area contributed by atoms with Crippen LogP contribution in [0.2, 0.25) is 0 Å². The molecule has 220 valence electrons. The Bertz CT molecular complexity index is 3110. The Morgan fingerprint density at radius 1 is 0.271 bits per heavy atom. The van der Waals surface area contributed by atoms with E-state index in [0.29, 0.717) is 0 Å². The van der Waals surface area contributed by atoms with Gasteiger partial charge in [0, 0.05) is 17.1 Å². The van der Waals surface area contributed by atoms with Crippen LogP contribution in [-0.2, 0) is 0 Å². The number of rotatable bonds is 2. The summed E-state index contributed by atoms with van der Waals surface area (Å²) in [6, 6.07) is 58.6. The second-order valence-electron chi connectivity index (χ2n) is 13.2. The maximum atomic E-state index is 4.71. The fourth-order valence-corrected chi connectivity index (χ4v) is 8.28. The molecule has 0 unspecified atom stereocenters. The zero-order chi connectivity index (χ0) is 31.3. The lowest BCUT2D eigenvalue weighted by atomic mass is 9.86. The van der Waals surface area contributed by atoms with Gasteiger partial charge in [-0.1, -0.05) is 121 Å². The van der Waals surface area contributed by atoms with Gasteiger partial charge in [-0.05, 0) is 128 Å². The zero-order valence-corrected chi connectivity index (χ0v) is 26.0. The third kappa shape index (κ3) is 3.64. The lowest BCUT2D eigenvalue weighted by Gasteiger charge is -2.17. The van der Waals surface area contributed by atoms with Crippen molar-refractivity contribution in [1.82, 2.24) is 4.98 Å². The van der Waals surface area contributed by atoms with E-state index in [4.69, 9.17) is 4.98 Å². The van der Waals surface area contributed by atoms with Crippen LogP contribution < -0.4 is 0 Å². The first-order valence-electron chi connectivity index (χ1n) is 16.6. The molecule has 11 rings (SSSR count). The van der Waals surface area contributed by atoms with Crippen LogP contribution in [0.25, 0.3) is 109 Å². The average molecular weight is 606 g/mol. The van der Waals surface area contributed by atoms with Crippen molar-refractivity contribution in [3.63, 3.8) is 0 Å². The van der Waals surface area contributed by atoms with Crippen LogP contribution in [0.1, 0.15) is 0 Å². The predicted octanol–water partition coefficient (Wildman–Crippen LogP) is 13.1. The van der Waals surface area contributed by atoms with E-state index in [2.05, 4.69) is 152 Å². The maximum absolute atomic E-state index is 4.71. The molecule has 0 bridgehead atoms. The van der Waals surface area contributed by atoms with Crippen LogP contribution in [-0.4, -0.2) is 4.98 Å². The van der Waals surface area contributed by atoms with E-state index in [9.17, 15) is 0 Å². The van der Waals surface area contributed by atoms with Crippen molar-refractivity contribution >= 4 is 86.3 Å². The molecule has 0 amide bonds. The van der Waals surface area contributed by atoms with E-state index in [1.165, 1.54) is 92.1 Å². The van der Waals surface area contributed by atoms with Crippen molar-refractivity contribution in [1.29, 1.82) is 0 Å². The Balaban J connectivity index is 1.18. The van der Waals surface area contributed by atoms with Crippen LogP contribution in [0.4, 0.5) is 0 Å². The summed E-state index contributed by atoms with van der Waals surface area (Å²) < 4.78 is 0. The van der Waals surface area contributed by atoms with Gasteiger partial charge in [-0.3, -0.25) is 4.98 Å². The number of hydrogen-bond acceptors (Lipinski definition) is 1. The number of fused-ring (bicyclic) bond motifs is 4. The average Bonchev–Trinajstić information content (AvgIpc) is 3.15. The smallest absolute Gasteiger partial charge is 0.0702 e. The van der Waals surface area contributed by atoms with Crippen LogP contribution in [0.15, 0.2) is 164 Å². The topological polar surface area (TPSA) is 12.9 Å². The van der Waals surface area contributed by atoms with Crippen LogP contribution in [0.3, 0.4) is 0 Å². The SMILES string of the molecule is c1ccc2ncc(-c3ccc4cc(-c5cc6ccc7cccc8c9cccc%10ccc%11cccc(c(c5)c6c78)c%11c%109)ccc4c3)cc2c1. The summed E-state index contributed by atoms with van der Waals surface area (Å²) in [5.74, 6) is 0. The first-order valence-corrected chi connectivity index (χ1v) is 16.6. The van der Waals surface area contributed by atoms with E-state index in [-0.39, 0.29) is 0 Å². The van der Waals surface area contributed by atoms with Crippen molar-refractivity contribution < 1.29 is 0 Å². The molecule has 0 aliphatic heterocycles. The summed E-state index contributed by atoms with van der Waals surface area (Å²) >= 11 is 0. The Labute approximate surface area is 276 Å². The van der Waals surface area contributed by atoms with E-state index in [1.54, 1.807) is 0 Å². The van der Waals surface area contributed by atoms with Gasteiger partial charge in [0.2, 0.25) is 0 Å². The second kappa shape index (κ2) is 9.61. The fourth-order valence-electron chi connectivity index (χ4n) is 8.28. The normalized spacial score (nSPS) is 12.2. The standard InChI is InChI=1S/C47H27N/c1-2-13-43-35(6-1)24-38(27-48-43)34-20-18-31-22-33(19-17-32(31)23-34)37-25-36-21-16-30-8-4-11-40-39-10-3-7-28-14-15-29-9-5-12-41(46(29)44(28)39)42(26-37)47(36)45(30)40/h1-27H. The minimum absolute atomic E-state index is 1.02. The minimum Gasteiger partial charge on any atom is -0.256 e. The van der Waals surface area contributed by atoms with E-state index >= 15 is 0 Å². The van der Waals surface area contributed by atoms with Gasteiger partial charge in [0.05, 0.1) is 5.52 Å². The van der Waals surface area contributed by atoms with E-state index in [1.807, 2.05) is 12.3 Å². The zero-order valence-electron chi connectivity index (χ0n) is 26.0. The van der Waals surface area contributed by atoms with Gasteiger partial charge in [0.15, 0.2) is 0 Å². The summed E-state index contributed by atoms with van der Waals surface area (Å²) in [5, 5.41) is 19.3. The van der Waals surface area contributed by atoms with Crippen LogP contribution in [0.5, 0.6) is 0 Å². The molecule has 1 aromatic heterocycles. The molecule has 48 heavy (non-hydrogen) atoms. The molecule has 1 nitrogen and oxygen atoms in total. The van der Waals surface area contributed by atoms with Crippen LogP contribution in [0, 0.1) is 0 Å². The summed E-state index contributed by atoms with van der Waals surface area (Å²) in [5.41, 5.74) is 5.80. The molecule has 10 aromatic carbocycles. The number of para-hydroxylation sites is 1.